The number of hydrogen-bond donors (Lipinski definition) is 2. The van der Waals surface area contributed by atoms with E-state index >= 15 is 0 Å². The summed E-state index contributed by atoms with van der Waals surface area (Å²) < 4.78 is 39.8. The Balaban J connectivity index is 1.94. The number of likely N-dealkylation sites (tertiary alicyclic amines) is 1. The van der Waals surface area contributed by atoms with E-state index < -0.39 is 23.3 Å². The number of anilines is 1. The fourth-order valence-corrected chi connectivity index (χ4v) is 4.01. The number of halogens is 4. The Kier molecular flexibility index (Phi) is 6.39. The van der Waals surface area contributed by atoms with Gasteiger partial charge in [0.05, 0.1) is 22.3 Å². The van der Waals surface area contributed by atoms with Gasteiger partial charge in [0.1, 0.15) is 0 Å². The van der Waals surface area contributed by atoms with Crippen molar-refractivity contribution >= 4 is 23.2 Å². The maximum absolute atomic E-state index is 13.3. The van der Waals surface area contributed by atoms with Crippen LogP contribution in [0.4, 0.5) is 18.9 Å². The van der Waals surface area contributed by atoms with Crippen molar-refractivity contribution in [2.75, 3.05) is 19.3 Å². The summed E-state index contributed by atoms with van der Waals surface area (Å²) in [5.41, 5.74) is 4.51. The number of nitrogens with one attached hydrogen (secondary N) is 1. The highest BCUT2D eigenvalue weighted by atomic mass is 35.5. The van der Waals surface area contributed by atoms with Crippen LogP contribution in [0.5, 0.6) is 0 Å². The molecule has 1 heterocycles. The van der Waals surface area contributed by atoms with Gasteiger partial charge < -0.3 is 16.0 Å². The zero-order chi connectivity index (χ0) is 21.2. The lowest BCUT2D eigenvalue weighted by Crippen LogP contribution is -2.47. The predicted octanol–water partition coefficient (Wildman–Crippen LogP) is 4.90. The summed E-state index contributed by atoms with van der Waals surface area (Å²) in [4.78, 5) is 15.1. The fraction of sp³-hybridized carbons (Fsp3) is 0.381. The maximum atomic E-state index is 13.3. The standard InChI is InChI=1S/C21H23ClF3N3O/c1-28-10-6-5-9-17(28)19(13-7-3-2-4-8-13)27-20(29)14-11-15(21(23,24)25)18(26)16(22)12-14/h2-4,7-8,11-12,17,19H,5-6,9-10,26H2,1H3,(H,27,29)/t17-,19?/m1/s1. The van der Waals surface area contributed by atoms with E-state index in [1.54, 1.807) is 0 Å². The van der Waals surface area contributed by atoms with Crippen LogP contribution in [0, 0.1) is 0 Å². The molecule has 29 heavy (non-hydrogen) atoms. The molecule has 1 saturated heterocycles. The first-order valence-corrected chi connectivity index (χ1v) is 9.78. The Labute approximate surface area is 172 Å². The van der Waals surface area contributed by atoms with E-state index in [-0.39, 0.29) is 22.7 Å². The monoisotopic (exact) mass is 425 g/mol. The van der Waals surface area contributed by atoms with Gasteiger partial charge in [-0.25, -0.2) is 0 Å². The summed E-state index contributed by atoms with van der Waals surface area (Å²) in [6, 6.07) is 11.0. The molecule has 0 aromatic heterocycles. The molecule has 0 saturated carbocycles. The highest BCUT2D eigenvalue weighted by Gasteiger charge is 2.36. The average Bonchev–Trinajstić information content (AvgIpc) is 2.68. The molecule has 0 spiro atoms. The van der Waals surface area contributed by atoms with E-state index in [2.05, 4.69) is 10.2 Å². The van der Waals surface area contributed by atoms with Gasteiger partial charge in [0, 0.05) is 11.6 Å². The van der Waals surface area contributed by atoms with Gasteiger partial charge in [-0.3, -0.25) is 4.79 Å². The van der Waals surface area contributed by atoms with E-state index in [0.29, 0.717) is 0 Å². The van der Waals surface area contributed by atoms with Crippen LogP contribution in [0.15, 0.2) is 42.5 Å². The molecule has 156 valence electrons. The molecular weight excluding hydrogens is 403 g/mol. The summed E-state index contributed by atoms with van der Waals surface area (Å²) in [7, 11) is 1.99. The number of benzene rings is 2. The summed E-state index contributed by atoms with van der Waals surface area (Å²) in [5, 5.41) is 2.63. The summed E-state index contributed by atoms with van der Waals surface area (Å²) in [6.07, 6.45) is -1.72. The average molecular weight is 426 g/mol. The van der Waals surface area contributed by atoms with Crippen LogP contribution in [-0.4, -0.2) is 30.4 Å². The van der Waals surface area contributed by atoms with Crippen molar-refractivity contribution in [3.63, 3.8) is 0 Å². The lowest BCUT2D eigenvalue weighted by Gasteiger charge is -2.38. The molecule has 8 heteroatoms. The highest BCUT2D eigenvalue weighted by Crippen LogP contribution is 2.38. The quantitative estimate of drug-likeness (QED) is 0.685. The van der Waals surface area contributed by atoms with Crippen LogP contribution < -0.4 is 11.1 Å². The van der Waals surface area contributed by atoms with Gasteiger partial charge in [0.25, 0.3) is 5.91 Å². The Morgan fingerprint density at radius 3 is 2.55 bits per heavy atom. The molecule has 4 nitrogen and oxygen atoms in total. The third-order valence-corrected chi connectivity index (χ3v) is 5.67. The van der Waals surface area contributed by atoms with E-state index in [1.807, 2.05) is 37.4 Å². The molecule has 2 aromatic carbocycles. The summed E-state index contributed by atoms with van der Waals surface area (Å²) in [6.45, 7) is 0.899. The number of amides is 1. The van der Waals surface area contributed by atoms with Crippen molar-refractivity contribution in [3.05, 3.63) is 64.2 Å². The second-order valence-electron chi connectivity index (χ2n) is 7.32. The number of likely N-dealkylation sites (N-methyl/N-ethyl adjacent to an activating group) is 1. The van der Waals surface area contributed by atoms with E-state index in [4.69, 9.17) is 17.3 Å². The molecule has 0 aliphatic carbocycles. The highest BCUT2D eigenvalue weighted by molar-refractivity contribution is 6.33. The topological polar surface area (TPSA) is 58.4 Å². The Bertz CT molecular complexity index is 873. The molecular formula is C21H23ClF3N3O. The van der Waals surface area contributed by atoms with Gasteiger partial charge in [-0.2, -0.15) is 13.2 Å². The first-order valence-electron chi connectivity index (χ1n) is 9.40. The predicted molar refractivity (Wildman–Crippen MR) is 108 cm³/mol. The van der Waals surface area contributed by atoms with Crippen molar-refractivity contribution < 1.29 is 18.0 Å². The van der Waals surface area contributed by atoms with E-state index in [1.165, 1.54) is 6.07 Å². The smallest absolute Gasteiger partial charge is 0.397 e. The van der Waals surface area contributed by atoms with Crippen molar-refractivity contribution in [1.82, 2.24) is 10.2 Å². The lowest BCUT2D eigenvalue weighted by molar-refractivity contribution is -0.136. The first kappa shape index (κ1) is 21.5. The van der Waals surface area contributed by atoms with Crippen molar-refractivity contribution in [3.8, 4) is 0 Å². The van der Waals surface area contributed by atoms with Gasteiger partial charge in [-0.15, -0.1) is 0 Å². The minimum absolute atomic E-state index is 0.0430. The second kappa shape index (κ2) is 8.63. The number of carbonyl (C=O) groups excluding carboxylic acids is 1. The van der Waals surface area contributed by atoms with E-state index in [0.717, 1.165) is 37.4 Å². The summed E-state index contributed by atoms with van der Waals surface area (Å²) >= 11 is 5.88. The number of nitrogen functional groups attached to an aromatic ring is 1. The third kappa shape index (κ3) is 4.85. The van der Waals surface area contributed by atoms with Crippen molar-refractivity contribution in [2.24, 2.45) is 0 Å². The number of rotatable bonds is 4. The fourth-order valence-electron chi connectivity index (χ4n) is 3.79. The molecule has 2 atom stereocenters. The molecule has 1 fully saturated rings. The zero-order valence-electron chi connectivity index (χ0n) is 16.0. The minimum atomic E-state index is -4.70. The molecule has 1 unspecified atom stereocenters. The van der Waals surface area contributed by atoms with Crippen molar-refractivity contribution in [1.29, 1.82) is 0 Å². The van der Waals surface area contributed by atoms with Crippen LogP contribution in [0.1, 0.15) is 46.8 Å². The van der Waals surface area contributed by atoms with Gasteiger partial charge in [0.2, 0.25) is 0 Å². The molecule has 1 aliphatic rings. The number of carbonyl (C=O) groups is 1. The van der Waals surface area contributed by atoms with Gasteiger partial charge in [0.15, 0.2) is 0 Å². The normalized spacial score (nSPS) is 19.0. The molecule has 0 radical (unpaired) electrons. The number of nitrogens with zero attached hydrogens (tertiary/aromatic N) is 1. The molecule has 0 bridgehead atoms. The Hall–Kier alpha value is -2.25. The van der Waals surface area contributed by atoms with Crippen LogP contribution in [0.2, 0.25) is 5.02 Å². The number of nitrogens with two attached hydrogens (primary N) is 1. The van der Waals surface area contributed by atoms with Crippen molar-refractivity contribution in [2.45, 2.75) is 37.5 Å². The number of alkyl halides is 3. The van der Waals surface area contributed by atoms with E-state index in [9.17, 15) is 18.0 Å². The lowest BCUT2D eigenvalue weighted by atomic mass is 9.91. The molecule has 3 N–H and O–H groups in total. The largest absolute Gasteiger partial charge is 0.418 e. The molecule has 3 rings (SSSR count). The van der Waals surface area contributed by atoms with Crippen LogP contribution in [0.25, 0.3) is 0 Å². The molecule has 1 aliphatic heterocycles. The second-order valence-corrected chi connectivity index (χ2v) is 7.73. The summed E-state index contributed by atoms with van der Waals surface area (Å²) in [5.74, 6) is -0.620. The third-order valence-electron chi connectivity index (χ3n) is 5.35. The van der Waals surface area contributed by atoms with Crippen LogP contribution >= 0.6 is 11.6 Å². The van der Waals surface area contributed by atoms with Gasteiger partial charge in [-0.1, -0.05) is 48.4 Å². The number of hydrogen-bond acceptors (Lipinski definition) is 3. The Morgan fingerprint density at radius 2 is 1.93 bits per heavy atom. The first-order chi connectivity index (χ1) is 13.7. The maximum Gasteiger partial charge on any atom is 0.418 e. The van der Waals surface area contributed by atoms with Crippen LogP contribution in [0.3, 0.4) is 0 Å². The Morgan fingerprint density at radius 1 is 1.24 bits per heavy atom. The number of piperidine rings is 1. The molecule has 1 amide bonds. The van der Waals surface area contributed by atoms with Gasteiger partial charge in [-0.05, 0) is 44.1 Å². The molecule has 2 aromatic rings. The zero-order valence-corrected chi connectivity index (χ0v) is 16.7. The van der Waals surface area contributed by atoms with Gasteiger partial charge >= 0.3 is 6.18 Å². The SMILES string of the molecule is CN1CCCC[C@@H]1C(NC(=O)c1cc(Cl)c(N)c(C(F)(F)F)c1)c1ccccc1. The minimum Gasteiger partial charge on any atom is -0.397 e. The van der Waals surface area contributed by atoms with Crippen LogP contribution in [-0.2, 0) is 6.18 Å².